The van der Waals surface area contributed by atoms with E-state index in [2.05, 4.69) is 4.74 Å². The van der Waals surface area contributed by atoms with Crippen LogP contribution in [0.15, 0.2) is 41.3 Å². The summed E-state index contributed by atoms with van der Waals surface area (Å²) in [5.74, 6) is -0.695. The van der Waals surface area contributed by atoms with Gasteiger partial charge in [-0.2, -0.15) is 0 Å². The van der Waals surface area contributed by atoms with Gasteiger partial charge in [-0.15, -0.1) is 0 Å². The van der Waals surface area contributed by atoms with Gasteiger partial charge in [-0.05, 0) is 24.3 Å². The number of rotatable bonds is 6. The molecule has 1 saturated carbocycles. The van der Waals surface area contributed by atoms with Gasteiger partial charge in [0.1, 0.15) is 0 Å². The highest BCUT2D eigenvalue weighted by molar-refractivity contribution is 5.96. The molecule has 152 valence electrons. The Hall–Kier alpha value is -3.29. The lowest BCUT2D eigenvalue weighted by atomic mass is 9.84. The van der Waals surface area contributed by atoms with Gasteiger partial charge in [0.05, 0.1) is 24.1 Å². The number of aromatic nitrogens is 1. The molecule has 0 N–H and O–H groups in total. The number of pyridine rings is 1. The Morgan fingerprint density at radius 2 is 1.79 bits per heavy atom. The number of nitro groups is 1. The zero-order chi connectivity index (χ0) is 21.0. The van der Waals surface area contributed by atoms with Crippen LogP contribution in [0.5, 0.6) is 0 Å². The molecule has 0 aliphatic heterocycles. The molecule has 1 aromatic heterocycles. The van der Waals surface area contributed by atoms with Crippen LogP contribution in [0.2, 0.25) is 0 Å². The molecule has 0 saturated heterocycles. The van der Waals surface area contributed by atoms with Crippen molar-refractivity contribution in [1.29, 1.82) is 0 Å². The number of hydrogen-bond donors (Lipinski definition) is 0. The van der Waals surface area contributed by atoms with Crippen molar-refractivity contribution in [3.8, 4) is 0 Å². The van der Waals surface area contributed by atoms with E-state index < -0.39 is 28.7 Å². The number of Topliss-reactive ketones (excluding diaryl/α,β-unsaturated/α-hetero) is 1. The smallest absolute Gasteiger partial charge is 0.339 e. The summed E-state index contributed by atoms with van der Waals surface area (Å²) in [6, 6.07) is 8.15. The molecular formula is C21H22N2O6. The fourth-order valence-corrected chi connectivity index (χ4v) is 3.72. The summed E-state index contributed by atoms with van der Waals surface area (Å²) in [5, 5.41) is 11.1. The Bertz CT molecular complexity index is 987. The molecule has 29 heavy (non-hydrogen) atoms. The van der Waals surface area contributed by atoms with Gasteiger partial charge < -0.3 is 9.30 Å². The van der Waals surface area contributed by atoms with Gasteiger partial charge in [0.15, 0.2) is 5.78 Å². The SMILES string of the molecule is COC(=O)c1cc([N+](=O)[O-])c(=O)n(CC(=O)c2ccc(C3CCCCC3)cc2)c1. The van der Waals surface area contributed by atoms with Gasteiger partial charge in [0, 0.05) is 17.8 Å². The molecule has 0 atom stereocenters. The van der Waals surface area contributed by atoms with Crippen LogP contribution >= 0.6 is 0 Å². The molecule has 1 heterocycles. The fraction of sp³-hybridized carbons (Fsp3) is 0.381. The summed E-state index contributed by atoms with van der Waals surface area (Å²) in [7, 11) is 1.13. The summed E-state index contributed by atoms with van der Waals surface area (Å²) in [4.78, 5) is 47.0. The molecule has 1 aromatic carbocycles. The largest absolute Gasteiger partial charge is 0.465 e. The molecular weight excluding hydrogens is 376 g/mol. The molecule has 0 bridgehead atoms. The minimum atomic E-state index is -0.949. The van der Waals surface area contributed by atoms with E-state index in [0.717, 1.165) is 36.8 Å². The first-order valence-electron chi connectivity index (χ1n) is 9.51. The van der Waals surface area contributed by atoms with Crippen LogP contribution < -0.4 is 5.56 Å². The number of esters is 1. The Morgan fingerprint density at radius 3 is 2.38 bits per heavy atom. The lowest BCUT2D eigenvalue weighted by molar-refractivity contribution is -0.386. The Morgan fingerprint density at radius 1 is 1.14 bits per heavy atom. The number of benzene rings is 1. The third-order valence-corrected chi connectivity index (χ3v) is 5.31. The zero-order valence-corrected chi connectivity index (χ0v) is 16.1. The number of ether oxygens (including phenoxy) is 1. The summed E-state index contributed by atoms with van der Waals surface area (Å²) in [5.41, 5.74) is -0.299. The summed E-state index contributed by atoms with van der Waals surface area (Å²) in [6.45, 7) is -0.409. The topological polar surface area (TPSA) is 109 Å². The number of carbonyl (C=O) groups is 2. The molecule has 8 heteroatoms. The lowest BCUT2D eigenvalue weighted by Crippen LogP contribution is -2.27. The van der Waals surface area contributed by atoms with Crippen LogP contribution in [0.3, 0.4) is 0 Å². The van der Waals surface area contributed by atoms with Crippen molar-refractivity contribution >= 4 is 17.4 Å². The summed E-state index contributed by atoms with van der Waals surface area (Å²) < 4.78 is 5.44. The maximum atomic E-state index is 12.6. The van der Waals surface area contributed by atoms with Crippen molar-refractivity contribution in [2.75, 3.05) is 7.11 Å². The maximum Gasteiger partial charge on any atom is 0.339 e. The minimum absolute atomic E-state index is 0.167. The van der Waals surface area contributed by atoms with Crippen LogP contribution in [-0.4, -0.2) is 28.4 Å². The number of carbonyl (C=O) groups excluding carboxylic acids is 2. The average Bonchev–Trinajstić information content (AvgIpc) is 2.75. The van der Waals surface area contributed by atoms with Gasteiger partial charge in [-0.25, -0.2) is 4.79 Å². The first-order chi connectivity index (χ1) is 13.9. The number of ketones is 1. The van der Waals surface area contributed by atoms with Crippen LogP contribution in [-0.2, 0) is 11.3 Å². The second-order valence-electron chi connectivity index (χ2n) is 7.18. The standard InChI is InChI=1S/C21H22N2O6/c1-29-21(26)17-11-18(23(27)28)20(25)22(12-17)13-19(24)16-9-7-15(8-10-16)14-5-3-2-4-6-14/h7-12,14H,2-6,13H2,1H3. The van der Waals surface area contributed by atoms with Gasteiger partial charge >= 0.3 is 17.2 Å². The van der Waals surface area contributed by atoms with E-state index in [1.807, 2.05) is 12.1 Å². The number of hydrogen-bond acceptors (Lipinski definition) is 6. The Kier molecular flexibility index (Phi) is 6.21. The van der Waals surface area contributed by atoms with E-state index in [1.165, 1.54) is 24.8 Å². The monoisotopic (exact) mass is 398 g/mol. The van der Waals surface area contributed by atoms with Crippen molar-refractivity contribution in [1.82, 2.24) is 4.57 Å². The highest BCUT2D eigenvalue weighted by Gasteiger charge is 2.22. The van der Waals surface area contributed by atoms with E-state index in [9.17, 15) is 24.5 Å². The van der Waals surface area contributed by atoms with Crippen LogP contribution in [0.4, 0.5) is 5.69 Å². The summed E-state index contributed by atoms with van der Waals surface area (Å²) >= 11 is 0. The molecule has 0 unspecified atom stereocenters. The second kappa shape index (κ2) is 8.81. The van der Waals surface area contributed by atoms with Crippen molar-refractivity contribution in [2.24, 2.45) is 0 Å². The highest BCUT2D eigenvalue weighted by atomic mass is 16.6. The molecule has 1 aliphatic rings. The molecule has 8 nitrogen and oxygen atoms in total. The molecule has 3 rings (SSSR count). The maximum absolute atomic E-state index is 12.6. The summed E-state index contributed by atoms with van der Waals surface area (Å²) in [6.07, 6.45) is 7.08. The Balaban J connectivity index is 1.84. The molecule has 0 spiro atoms. The van der Waals surface area contributed by atoms with E-state index >= 15 is 0 Å². The molecule has 1 fully saturated rings. The van der Waals surface area contributed by atoms with Gasteiger partial charge in [-0.1, -0.05) is 43.5 Å². The second-order valence-corrected chi connectivity index (χ2v) is 7.18. The van der Waals surface area contributed by atoms with Crippen molar-refractivity contribution in [3.63, 3.8) is 0 Å². The predicted octanol–water partition coefficient (Wildman–Crippen LogP) is 3.47. The van der Waals surface area contributed by atoms with Gasteiger partial charge in [0.2, 0.25) is 0 Å². The van der Waals surface area contributed by atoms with E-state index in [4.69, 9.17) is 0 Å². The third-order valence-electron chi connectivity index (χ3n) is 5.31. The fourth-order valence-electron chi connectivity index (χ4n) is 3.72. The van der Waals surface area contributed by atoms with Gasteiger partial charge in [0.25, 0.3) is 0 Å². The van der Waals surface area contributed by atoms with Crippen molar-refractivity contribution < 1.29 is 19.2 Å². The Labute approximate surface area is 167 Å². The highest BCUT2D eigenvalue weighted by Crippen LogP contribution is 2.32. The normalized spacial score (nSPS) is 14.4. The number of nitrogens with zero attached hydrogens (tertiary/aromatic N) is 2. The predicted molar refractivity (Wildman–Crippen MR) is 105 cm³/mol. The van der Waals surface area contributed by atoms with E-state index in [0.29, 0.717) is 11.5 Å². The molecule has 2 aromatic rings. The molecule has 0 radical (unpaired) electrons. The molecule has 1 aliphatic carbocycles. The molecule has 0 amide bonds. The van der Waals surface area contributed by atoms with Crippen molar-refractivity contribution in [3.05, 3.63) is 73.7 Å². The first kappa shape index (κ1) is 20.4. The van der Waals surface area contributed by atoms with Gasteiger partial charge in [-0.3, -0.25) is 19.7 Å². The quantitative estimate of drug-likeness (QED) is 0.319. The van der Waals surface area contributed by atoms with Crippen LogP contribution in [0.1, 0.15) is 64.3 Å². The average molecular weight is 398 g/mol. The minimum Gasteiger partial charge on any atom is -0.465 e. The third kappa shape index (κ3) is 4.59. The first-order valence-corrected chi connectivity index (χ1v) is 9.51. The van der Waals surface area contributed by atoms with E-state index in [1.54, 1.807) is 12.1 Å². The van der Waals surface area contributed by atoms with Crippen LogP contribution in [0, 0.1) is 10.1 Å². The van der Waals surface area contributed by atoms with Crippen LogP contribution in [0.25, 0.3) is 0 Å². The lowest BCUT2D eigenvalue weighted by Gasteiger charge is -2.22. The van der Waals surface area contributed by atoms with E-state index in [-0.39, 0.29) is 11.3 Å². The van der Waals surface area contributed by atoms with Crippen molar-refractivity contribution in [2.45, 2.75) is 44.6 Å². The zero-order valence-electron chi connectivity index (χ0n) is 16.1. The number of methoxy groups -OCH3 is 1.